The molecule has 0 aliphatic heterocycles. The van der Waals surface area contributed by atoms with Gasteiger partial charge in [0.2, 0.25) is 5.91 Å². The standard InChI is InChI=1S/C16H20N2O3/c1-11(2)16(3,15(20)21)9-14(19)18(4)13-8-6-5-7-12(13)10-17/h5-8,11H,9H2,1-4H3,(H,20,21). The molecular weight excluding hydrogens is 268 g/mol. The Balaban J connectivity index is 3.04. The summed E-state index contributed by atoms with van der Waals surface area (Å²) in [6.45, 7) is 5.14. The number of amides is 1. The first-order chi connectivity index (χ1) is 9.74. The van der Waals surface area contributed by atoms with Gasteiger partial charge < -0.3 is 10.0 Å². The fourth-order valence-corrected chi connectivity index (χ4v) is 1.95. The quantitative estimate of drug-likeness (QED) is 0.903. The number of carboxylic acids is 1. The summed E-state index contributed by atoms with van der Waals surface area (Å²) in [6.07, 6.45) is -0.115. The SMILES string of the molecule is CC(C)C(C)(CC(=O)N(C)c1ccccc1C#N)C(=O)O. The van der Waals surface area contributed by atoms with Crippen LogP contribution >= 0.6 is 0 Å². The molecule has 0 aromatic heterocycles. The van der Waals surface area contributed by atoms with E-state index in [1.807, 2.05) is 6.07 Å². The Kier molecular flexibility index (Phi) is 5.09. The number of hydrogen-bond acceptors (Lipinski definition) is 3. The lowest BCUT2D eigenvalue weighted by Gasteiger charge is -2.30. The third-order valence-corrected chi connectivity index (χ3v) is 4.04. The van der Waals surface area contributed by atoms with Crippen LogP contribution in [-0.4, -0.2) is 24.0 Å². The van der Waals surface area contributed by atoms with E-state index in [1.54, 1.807) is 52.1 Å². The van der Waals surface area contributed by atoms with Crippen LogP contribution in [0.1, 0.15) is 32.8 Å². The van der Waals surface area contributed by atoms with Gasteiger partial charge in [0.25, 0.3) is 0 Å². The van der Waals surface area contributed by atoms with Crippen molar-refractivity contribution in [3.05, 3.63) is 29.8 Å². The van der Waals surface area contributed by atoms with E-state index >= 15 is 0 Å². The second-order valence-electron chi connectivity index (χ2n) is 5.64. The van der Waals surface area contributed by atoms with Crippen molar-refractivity contribution in [1.29, 1.82) is 5.26 Å². The van der Waals surface area contributed by atoms with E-state index in [-0.39, 0.29) is 18.2 Å². The normalized spacial score (nSPS) is 13.3. The van der Waals surface area contributed by atoms with Gasteiger partial charge >= 0.3 is 5.97 Å². The van der Waals surface area contributed by atoms with Crippen LogP contribution in [0, 0.1) is 22.7 Å². The van der Waals surface area contributed by atoms with E-state index in [2.05, 4.69) is 0 Å². The zero-order valence-electron chi connectivity index (χ0n) is 12.8. The molecule has 112 valence electrons. The first-order valence-corrected chi connectivity index (χ1v) is 6.73. The number of nitrogens with zero attached hydrogens (tertiary/aromatic N) is 2. The second-order valence-corrected chi connectivity index (χ2v) is 5.64. The van der Waals surface area contributed by atoms with Gasteiger partial charge in [-0.25, -0.2) is 0 Å². The molecule has 1 aromatic carbocycles. The number of carboxylic acid groups (broad SMARTS) is 1. The number of para-hydroxylation sites is 1. The Morgan fingerprint density at radius 3 is 2.43 bits per heavy atom. The highest BCUT2D eigenvalue weighted by atomic mass is 16.4. The Bertz CT molecular complexity index is 589. The van der Waals surface area contributed by atoms with Crippen molar-refractivity contribution in [3.8, 4) is 6.07 Å². The Labute approximate surface area is 124 Å². The highest BCUT2D eigenvalue weighted by Crippen LogP contribution is 2.33. The Morgan fingerprint density at radius 2 is 1.95 bits per heavy atom. The minimum absolute atomic E-state index is 0.115. The van der Waals surface area contributed by atoms with E-state index in [0.29, 0.717) is 11.3 Å². The van der Waals surface area contributed by atoms with Crippen LogP contribution in [0.25, 0.3) is 0 Å². The monoisotopic (exact) mass is 288 g/mol. The van der Waals surface area contributed by atoms with Crippen molar-refractivity contribution >= 4 is 17.6 Å². The summed E-state index contributed by atoms with van der Waals surface area (Å²) >= 11 is 0. The maximum Gasteiger partial charge on any atom is 0.310 e. The third kappa shape index (κ3) is 3.40. The molecule has 1 unspecified atom stereocenters. The first kappa shape index (κ1) is 16.7. The van der Waals surface area contributed by atoms with Crippen molar-refractivity contribution in [1.82, 2.24) is 0 Å². The number of anilines is 1. The lowest BCUT2D eigenvalue weighted by Crippen LogP contribution is -2.40. The van der Waals surface area contributed by atoms with Gasteiger partial charge in [-0.1, -0.05) is 26.0 Å². The molecule has 0 radical (unpaired) electrons. The van der Waals surface area contributed by atoms with Gasteiger partial charge in [-0.05, 0) is 25.0 Å². The molecule has 0 spiro atoms. The summed E-state index contributed by atoms with van der Waals surface area (Å²) in [4.78, 5) is 25.2. The number of nitriles is 1. The molecule has 0 aliphatic carbocycles. The van der Waals surface area contributed by atoms with Crippen LogP contribution < -0.4 is 4.90 Å². The van der Waals surface area contributed by atoms with Crippen molar-refractivity contribution in [2.75, 3.05) is 11.9 Å². The van der Waals surface area contributed by atoms with Crippen LogP contribution in [0.15, 0.2) is 24.3 Å². The zero-order chi connectivity index (χ0) is 16.2. The summed E-state index contributed by atoms with van der Waals surface area (Å²) < 4.78 is 0. The van der Waals surface area contributed by atoms with Crippen LogP contribution in [-0.2, 0) is 9.59 Å². The molecule has 0 saturated heterocycles. The molecule has 0 bridgehead atoms. The summed E-state index contributed by atoms with van der Waals surface area (Å²) in [6, 6.07) is 8.78. The minimum atomic E-state index is -1.13. The number of benzene rings is 1. The lowest BCUT2D eigenvalue weighted by molar-refractivity contribution is -0.153. The van der Waals surface area contributed by atoms with Gasteiger partial charge in [0.15, 0.2) is 0 Å². The fourth-order valence-electron chi connectivity index (χ4n) is 1.95. The number of carbonyl (C=O) groups excluding carboxylic acids is 1. The lowest BCUT2D eigenvalue weighted by atomic mass is 9.76. The molecule has 1 amide bonds. The smallest absolute Gasteiger partial charge is 0.310 e. The molecule has 1 aromatic rings. The van der Waals surface area contributed by atoms with Gasteiger partial charge in [0, 0.05) is 13.5 Å². The molecule has 21 heavy (non-hydrogen) atoms. The van der Waals surface area contributed by atoms with Crippen LogP contribution in [0.3, 0.4) is 0 Å². The van der Waals surface area contributed by atoms with Gasteiger partial charge in [0.1, 0.15) is 6.07 Å². The highest BCUT2D eigenvalue weighted by Gasteiger charge is 2.39. The van der Waals surface area contributed by atoms with Gasteiger partial charge in [-0.3, -0.25) is 9.59 Å². The number of aliphatic carboxylic acids is 1. The highest BCUT2D eigenvalue weighted by molar-refractivity contribution is 5.96. The first-order valence-electron chi connectivity index (χ1n) is 6.73. The van der Waals surface area contributed by atoms with Gasteiger partial charge in [0.05, 0.1) is 16.7 Å². The largest absolute Gasteiger partial charge is 0.481 e. The number of hydrogen-bond donors (Lipinski definition) is 1. The predicted molar refractivity (Wildman–Crippen MR) is 79.8 cm³/mol. The third-order valence-electron chi connectivity index (χ3n) is 4.04. The molecule has 1 N–H and O–H groups in total. The maximum atomic E-state index is 12.4. The van der Waals surface area contributed by atoms with Crippen molar-refractivity contribution in [2.24, 2.45) is 11.3 Å². The van der Waals surface area contributed by atoms with Crippen LogP contribution in [0.2, 0.25) is 0 Å². The average molecular weight is 288 g/mol. The molecular formula is C16H20N2O3. The zero-order valence-corrected chi connectivity index (χ0v) is 12.8. The summed E-state index contributed by atoms with van der Waals surface area (Å²) in [5.74, 6) is -1.50. The molecule has 1 rings (SSSR count). The molecule has 0 saturated carbocycles. The average Bonchev–Trinajstić information content (AvgIpc) is 2.45. The van der Waals surface area contributed by atoms with Crippen molar-refractivity contribution in [3.63, 3.8) is 0 Å². The predicted octanol–water partition coefficient (Wildman–Crippen LogP) is 2.66. The summed E-state index contributed by atoms with van der Waals surface area (Å²) in [5.41, 5.74) is -0.260. The summed E-state index contributed by atoms with van der Waals surface area (Å²) in [5, 5.41) is 18.5. The van der Waals surface area contributed by atoms with E-state index < -0.39 is 11.4 Å². The molecule has 0 aliphatic rings. The molecule has 5 heteroatoms. The van der Waals surface area contributed by atoms with Gasteiger partial charge in [-0.15, -0.1) is 0 Å². The van der Waals surface area contributed by atoms with Crippen molar-refractivity contribution in [2.45, 2.75) is 27.2 Å². The Hall–Kier alpha value is -2.35. The molecule has 1 atom stereocenters. The van der Waals surface area contributed by atoms with E-state index in [9.17, 15) is 14.7 Å². The topological polar surface area (TPSA) is 81.4 Å². The van der Waals surface area contributed by atoms with Crippen molar-refractivity contribution < 1.29 is 14.7 Å². The Morgan fingerprint density at radius 1 is 1.38 bits per heavy atom. The minimum Gasteiger partial charge on any atom is -0.481 e. The van der Waals surface area contributed by atoms with Crippen LogP contribution in [0.5, 0.6) is 0 Å². The molecule has 0 heterocycles. The number of rotatable bonds is 5. The molecule has 0 fully saturated rings. The second kappa shape index (κ2) is 6.40. The van der Waals surface area contributed by atoms with E-state index in [0.717, 1.165) is 0 Å². The van der Waals surface area contributed by atoms with Gasteiger partial charge in [-0.2, -0.15) is 5.26 Å². The van der Waals surface area contributed by atoms with E-state index in [4.69, 9.17) is 5.26 Å². The number of carbonyl (C=O) groups is 2. The molecule has 5 nitrogen and oxygen atoms in total. The maximum absolute atomic E-state index is 12.4. The summed E-state index contributed by atoms with van der Waals surface area (Å²) in [7, 11) is 1.56. The van der Waals surface area contributed by atoms with Crippen LogP contribution in [0.4, 0.5) is 5.69 Å². The fraction of sp³-hybridized carbons (Fsp3) is 0.438. The van der Waals surface area contributed by atoms with E-state index in [1.165, 1.54) is 4.90 Å².